The van der Waals surface area contributed by atoms with Gasteiger partial charge in [0.2, 0.25) is 0 Å². The molecule has 0 unspecified atom stereocenters. The molecule has 0 aliphatic carbocycles. The third kappa shape index (κ3) is 3.38. The second-order valence-electron chi connectivity index (χ2n) is 5.91. The second kappa shape index (κ2) is 7.62. The maximum atomic E-state index is 12.8. The molecule has 0 spiro atoms. The average Bonchev–Trinajstić information content (AvgIpc) is 3.04. The molecule has 0 saturated carbocycles. The number of carbonyl (C=O) groups excluding carboxylic acids is 1. The first-order valence-electron chi connectivity index (χ1n) is 8.69. The van der Waals surface area contributed by atoms with Gasteiger partial charge in [0.05, 0.1) is 34.4 Å². The summed E-state index contributed by atoms with van der Waals surface area (Å²) in [7, 11) is 0. The monoisotopic (exact) mass is 388 g/mol. The van der Waals surface area contributed by atoms with E-state index in [1.54, 1.807) is 30.6 Å². The Morgan fingerprint density at radius 2 is 2.04 bits per heavy atom. The summed E-state index contributed by atoms with van der Waals surface area (Å²) in [6, 6.07) is 10.9. The third-order valence-electron chi connectivity index (χ3n) is 4.13. The average molecular weight is 388 g/mol. The fraction of sp³-hybridized carbons (Fsp3) is 0.143. The number of ether oxygens (including phenoxy) is 1. The lowest BCUT2D eigenvalue weighted by molar-refractivity contribution is 0.0998. The van der Waals surface area contributed by atoms with Crippen LogP contribution in [0.25, 0.3) is 21.3 Å². The van der Waals surface area contributed by atoms with Gasteiger partial charge in [-0.05, 0) is 43.3 Å². The Labute approximate surface area is 165 Å². The molecule has 28 heavy (non-hydrogen) atoms. The Balaban J connectivity index is 1.81. The molecule has 0 aliphatic heterocycles. The van der Waals surface area contributed by atoms with Crippen LogP contribution in [0.1, 0.15) is 17.3 Å². The molecule has 0 aliphatic rings. The molecule has 2 aromatic heterocycles. The van der Waals surface area contributed by atoms with Crippen LogP contribution >= 0.6 is 11.3 Å². The standard InChI is InChI=1S/C21H16N4O2S/c1-3-11-25-18-8-6-15(27-4-2)13-19(18)28-21(25)24-20(26)14-5-7-16-17(12-14)23-10-9-22-16/h1,5-10,12-13H,4,11H2,2H3. The van der Waals surface area contributed by atoms with Gasteiger partial charge in [-0.1, -0.05) is 17.3 Å². The maximum Gasteiger partial charge on any atom is 0.279 e. The van der Waals surface area contributed by atoms with E-state index in [1.807, 2.05) is 29.7 Å². The highest BCUT2D eigenvalue weighted by atomic mass is 32.1. The van der Waals surface area contributed by atoms with E-state index >= 15 is 0 Å². The first kappa shape index (κ1) is 17.9. The van der Waals surface area contributed by atoms with Gasteiger partial charge in [-0.15, -0.1) is 6.42 Å². The molecule has 0 radical (unpaired) electrons. The Morgan fingerprint density at radius 3 is 2.82 bits per heavy atom. The number of hydrogen-bond acceptors (Lipinski definition) is 5. The quantitative estimate of drug-likeness (QED) is 0.502. The second-order valence-corrected chi connectivity index (χ2v) is 6.92. The van der Waals surface area contributed by atoms with Crippen molar-refractivity contribution in [1.29, 1.82) is 0 Å². The smallest absolute Gasteiger partial charge is 0.279 e. The lowest BCUT2D eigenvalue weighted by atomic mass is 10.2. The van der Waals surface area contributed by atoms with Crippen LogP contribution in [0.15, 0.2) is 53.8 Å². The van der Waals surface area contributed by atoms with Crippen molar-refractivity contribution >= 4 is 38.5 Å². The molecule has 0 atom stereocenters. The van der Waals surface area contributed by atoms with Gasteiger partial charge in [-0.3, -0.25) is 14.8 Å². The summed E-state index contributed by atoms with van der Waals surface area (Å²) in [6.45, 7) is 2.84. The molecular weight excluding hydrogens is 372 g/mol. The van der Waals surface area contributed by atoms with E-state index < -0.39 is 0 Å². The van der Waals surface area contributed by atoms with Crippen molar-refractivity contribution in [1.82, 2.24) is 14.5 Å². The summed E-state index contributed by atoms with van der Waals surface area (Å²) in [5, 5.41) is 0. The summed E-state index contributed by atoms with van der Waals surface area (Å²) < 4.78 is 8.37. The van der Waals surface area contributed by atoms with Crippen molar-refractivity contribution in [3.8, 4) is 18.1 Å². The van der Waals surface area contributed by atoms with Gasteiger partial charge in [0.25, 0.3) is 5.91 Å². The highest BCUT2D eigenvalue weighted by Crippen LogP contribution is 2.23. The van der Waals surface area contributed by atoms with E-state index in [2.05, 4.69) is 20.9 Å². The minimum atomic E-state index is -0.352. The first-order chi connectivity index (χ1) is 13.7. The van der Waals surface area contributed by atoms with E-state index in [4.69, 9.17) is 11.2 Å². The Morgan fingerprint density at radius 1 is 1.21 bits per heavy atom. The number of terminal acetylenes is 1. The van der Waals surface area contributed by atoms with E-state index in [1.165, 1.54) is 11.3 Å². The number of amides is 1. The number of thiazole rings is 1. The Bertz CT molecular complexity index is 1300. The number of hydrogen-bond donors (Lipinski definition) is 0. The molecule has 7 heteroatoms. The molecule has 4 aromatic rings. The largest absolute Gasteiger partial charge is 0.494 e. The topological polar surface area (TPSA) is 69.4 Å². The van der Waals surface area contributed by atoms with Crippen LogP contribution in [0.5, 0.6) is 5.75 Å². The van der Waals surface area contributed by atoms with Crippen LogP contribution in [0.4, 0.5) is 0 Å². The van der Waals surface area contributed by atoms with Crippen molar-refractivity contribution in [2.24, 2.45) is 4.99 Å². The Kier molecular flexibility index (Phi) is 4.87. The van der Waals surface area contributed by atoms with Crippen LogP contribution < -0.4 is 9.54 Å². The van der Waals surface area contributed by atoms with Gasteiger partial charge < -0.3 is 9.30 Å². The lowest BCUT2D eigenvalue weighted by Gasteiger charge is -2.03. The highest BCUT2D eigenvalue weighted by Gasteiger charge is 2.11. The Hall–Kier alpha value is -3.50. The molecule has 0 fully saturated rings. The molecule has 1 amide bonds. The van der Waals surface area contributed by atoms with Gasteiger partial charge in [0.15, 0.2) is 4.80 Å². The fourth-order valence-corrected chi connectivity index (χ4v) is 3.94. The molecule has 6 nitrogen and oxygen atoms in total. The molecule has 2 heterocycles. The maximum absolute atomic E-state index is 12.8. The van der Waals surface area contributed by atoms with Gasteiger partial charge in [-0.2, -0.15) is 4.99 Å². The summed E-state index contributed by atoms with van der Waals surface area (Å²) >= 11 is 1.40. The van der Waals surface area contributed by atoms with Crippen LogP contribution in [-0.2, 0) is 6.54 Å². The van der Waals surface area contributed by atoms with E-state index in [0.29, 0.717) is 29.0 Å². The minimum Gasteiger partial charge on any atom is -0.494 e. The van der Waals surface area contributed by atoms with Crippen molar-refractivity contribution in [2.75, 3.05) is 6.61 Å². The van der Waals surface area contributed by atoms with Crippen LogP contribution in [0.3, 0.4) is 0 Å². The SMILES string of the molecule is C#CCn1c(=NC(=O)c2ccc3nccnc3c2)sc2cc(OCC)ccc21. The number of carbonyl (C=O) groups is 1. The molecule has 0 saturated heterocycles. The van der Waals surface area contributed by atoms with Crippen LogP contribution in [0.2, 0.25) is 0 Å². The van der Waals surface area contributed by atoms with Gasteiger partial charge >= 0.3 is 0 Å². The zero-order valence-electron chi connectivity index (χ0n) is 15.1. The van der Waals surface area contributed by atoms with Crippen molar-refractivity contribution in [2.45, 2.75) is 13.5 Å². The fourth-order valence-electron chi connectivity index (χ4n) is 2.89. The van der Waals surface area contributed by atoms with E-state index in [9.17, 15) is 4.79 Å². The van der Waals surface area contributed by atoms with Gasteiger partial charge in [0, 0.05) is 18.0 Å². The summed E-state index contributed by atoms with van der Waals surface area (Å²) in [4.78, 5) is 26.1. The van der Waals surface area contributed by atoms with Gasteiger partial charge in [-0.25, -0.2) is 0 Å². The van der Waals surface area contributed by atoms with Crippen LogP contribution in [0, 0.1) is 12.3 Å². The van der Waals surface area contributed by atoms with Crippen LogP contribution in [-0.4, -0.2) is 27.0 Å². The highest BCUT2D eigenvalue weighted by molar-refractivity contribution is 7.16. The number of fused-ring (bicyclic) bond motifs is 2. The van der Waals surface area contributed by atoms with E-state index in [-0.39, 0.29) is 5.91 Å². The molecule has 138 valence electrons. The molecule has 0 bridgehead atoms. The third-order valence-corrected chi connectivity index (χ3v) is 5.17. The predicted octanol–water partition coefficient (Wildman–Crippen LogP) is 3.42. The zero-order chi connectivity index (χ0) is 19.5. The van der Waals surface area contributed by atoms with E-state index in [0.717, 1.165) is 21.5 Å². The lowest BCUT2D eigenvalue weighted by Crippen LogP contribution is -2.16. The number of aromatic nitrogens is 3. The predicted molar refractivity (Wildman–Crippen MR) is 109 cm³/mol. The number of rotatable bonds is 4. The first-order valence-corrected chi connectivity index (χ1v) is 9.50. The van der Waals surface area contributed by atoms with Crippen molar-refractivity contribution in [3.63, 3.8) is 0 Å². The van der Waals surface area contributed by atoms with Crippen molar-refractivity contribution < 1.29 is 9.53 Å². The number of benzene rings is 2. The van der Waals surface area contributed by atoms with Crippen molar-refractivity contribution in [3.05, 3.63) is 59.2 Å². The molecule has 2 aromatic carbocycles. The normalized spacial score (nSPS) is 11.6. The number of nitrogens with zero attached hydrogens (tertiary/aromatic N) is 4. The summed E-state index contributed by atoms with van der Waals surface area (Å²) in [5.74, 6) is 3.05. The molecular formula is C21H16N4O2S. The van der Waals surface area contributed by atoms with Gasteiger partial charge in [0.1, 0.15) is 5.75 Å². The summed E-state index contributed by atoms with van der Waals surface area (Å²) in [6.07, 6.45) is 8.74. The molecule has 0 N–H and O–H groups in total. The zero-order valence-corrected chi connectivity index (χ0v) is 15.9. The summed E-state index contributed by atoms with van der Waals surface area (Å²) in [5.41, 5.74) is 2.75. The molecule has 4 rings (SSSR count). The minimum absolute atomic E-state index is 0.323.